The van der Waals surface area contributed by atoms with Crippen molar-refractivity contribution in [2.45, 2.75) is 12.0 Å². The van der Waals surface area contributed by atoms with Crippen LogP contribution >= 0.6 is 0 Å². The molecule has 2 aliphatic heterocycles. The lowest BCUT2D eigenvalue weighted by atomic mass is 9.78. The molecule has 0 amide bonds. The van der Waals surface area contributed by atoms with E-state index in [-0.39, 0.29) is 11.8 Å². The molecule has 1 aromatic heterocycles. The van der Waals surface area contributed by atoms with Gasteiger partial charge in [0.15, 0.2) is 5.75 Å². The Balaban J connectivity index is 2.06. The molecule has 0 fully saturated rings. The van der Waals surface area contributed by atoms with Crippen LogP contribution in [-0.4, -0.2) is 17.6 Å². The van der Waals surface area contributed by atoms with Crippen molar-refractivity contribution in [2.24, 2.45) is 10.7 Å². The first-order valence-corrected chi connectivity index (χ1v) is 6.61. The summed E-state index contributed by atoms with van der Waals surface area (Å²) in [6.07, 6.45) is 1.97. The van der Waals surface area contributed by atoms with Crippen LogP contribution in [0.15, 0.2) is 41.5 Å². The van der Waals surface area contributed by atoms with Gasteiger partial charge in [0.2, 0.25) is 0 Å². The number of hydrogen-bond acceptors (Lipinski definition) is 5. The van der Waals surface area contributed by atoms with Gasteiger partial charge in [0.05, 0.1) is 6.61 Å². The van der Waals surface area contributed by atoms with Crippen LogP contribution in [0.5, 0.6) is 11.5 Å². The average molecular weight is 285 g/mol. The number of para-hydroxylation sites is 1. The van der Waals surface area contributed by atoms with Crippen molar-refractivity contribution in [3.63, 3.8) is 0 Å². The lowest BCUT2D eigenvalue weighted by Crippen LogP contribution is -2.38. The van der Waals surface area contributed by atoms with Gasteiger partial charge in [-0.25, -0.2) is 9.98 Å². The molecule has 1 atom stereocenters. The highest BCUT2D eigenvalue weighted by Gasteiger charge is 2.45. The first-order chi connectivity index (χ1) is 10.2. The maximum Gasteiger partial charge on any atom is 0.283 e. The number of hydrogen-bond donors (Lipinski definition) is 1. The van der Waals surface area contributed by atoms with Gasteiger partial charge in [-0.2, -0.15) is 4.39 Å². The number of halogens is 1. The molecule has 1 aromatic carbocycles. The minimum absolute atomic E-state index is 0.0983. The number of pyridine rings is 1. The van der Waals surface area contributed by atoms with E-state index < -0.39 is 11.5 Å². The third-order valence-electron chi connectivity index (χ3n) is 3.87. The predicted octanol–water partition coefficient (Wildman–Crippen LogP) is 2.31. The molecule has 1 spiro atoms. The molecule has 2 aromatic rings. The number of nitrogens with zero attached hydrogens (tertiary/aromatic N) is 2. The number of nitrogens with two attached hydrogens (primary N) is 1. The maximum atomic E-state index is 14.1. The molecule has 2 aliphatic rings. The van der Waals surface area contributed by atoms with Crippen molar-refractivity contribution >= 4 is 6.02 Å². The first-order valence-electron chi connectivity index (χ1n) is 6.61. The lowest BCUT2D eigenvalue weighted by molar-refractivity contribution is 0.217. The molecule has 21 heavy (non-hydrogen) atoms. The van der Waals surface area contributed by atoms with Gasteiger partial charge in [-0.3, -0.25) is 0 Å². The van der Waals surface area contributed by atoms with Crippen LogP contribution in [0.1, 0.15) is 17.5 Å². The molecule has 0 aliphatic carbocycles. The van der Waals surface area contributed by atoms with Crippen molar-refractivity contribution in [1.82, 2.24) is 4.98 Å². The van der Waals surface area contributed by atoms with Gasteiger partial charge in [0.1, 0.15) is 11.3 Å². The minimum atomic E-state index is -0.781. The summed E-state index contributed by atoms with van der Waals surface area (Å²) in [5.41, 5.74) is 6.47. The standard InChI is InChI=1S/C15H12FN3O2/c16-13-12-10(5-7-18-13)15(6-8-20-14(17)19-15)9-3-1-2-4-11(9)21-12/h1-5,7H,6,8H2,(H2,17,19). The number of amidine groups is 1. The summed E-state index contributed by atoms with van der Waals surface area (Å²) in [6, 6.07) is 9.25. The second-order valence-electron chi connectivity index (χ2n) is 4.99. The van der Waals surface area contributed by atoms with Crippen molar-refractivity contribution in [1.29, 1.82) is 0 Å². The third-order valence-corrected chi connectivity index (χ3v) is 3.87. The largest absolute Gasteiger partial charge is 0.465 e. The summed E-state index contributed by atoms with van der Waals surface area (Å²) in [6.45, 7) is 0.410. The smallest absolute Gasteiger partial charge is 0.283 e. The van der Waals surface area contributed by atoms with E-state index in [9.17, 15) is 4.39 Å². The van der Waals surface area contributed by atoms with Crippen LogP contribution in [0.3, 0.4) is 0 Å². The van der Waals surface area contributed by atoms with Crippen LogP contribution in [0.2, 0.25) is 0 Å². The summed E-state index contributed by atoms with van der Waals surface area (Å²) in [4.78, 5) is 8.15. The predicted molar refractivity (Wildman–Crippen MR) is 73.7 cm³/mol. The molecule has 3 heterocycles. The normalized spacial score (nSPS) is 22.6. The number of fused-ring (bicyclic) bond motifs is 4. The minimum Gasteiger partial charge on any atom is -0.465 e. The summed E-state index contributed by atoms with van der Waals surface area (Å²) in [7, 11) is 0. The van der Waals surface area contributed by atoms with Crippen LogP contribution in [0.25, 0.3) is 0 Å². The Kier molecular flexibility index (Phi) is 2.42. The highest BCUT2D eigenvalue weighted by Crippen LogP contribution is 2.51. The van der Waals surface area contributed by atoms with E-state index >= 15 is 0 Å². The van der Waals surface area contributed by atoms with E-state index in [0.717, 1.165) is 5.56 Å². The molecule has 106 valence electrons. The molecular weight excluding hydrogens is 273 g/mol. The second kappa shape index (κ2) is 4.18. The van der Waals surface area contributed by atoms with Crippen molar-refractivity contribution in [2.75, 3.05) is 6.61 Å². The van der Waals surface area contributed by atoms with E-state index in [4.69, 9.17) is 15.2 Å². The highest BCUT2D eigenvalue weighted by molar-refractivity contribution is 5.74. The fourth-order valence-electron chi connectivity index (χ4n) is 2.97. The van der Waals surface area contributed by atoms with Crippen LogP contribution in [0.4, 0.5) is 4.39 Å². The Hall–Kier alpha value is -2.63. The average Bonchev–Trinajstić information content (AvgIpc) is 2.49. The molecule has 2 N–H and O–H groups in total. The molecule has 5 nitrogen and oxygen atoms in total. The molecule has 4 rings (SSSR count). The number of rotatable bonds is 0. The van der Waals surface area contributed by atoms with Gasteiger partial charge < -0.3 is 15.2 Å². The fraction of sp³-hybridized carbons (Fsp3) is 0.200. The highest BCUT2D eigenvalue weighted by atomic mass is 19.1. The Morgan fingerprint density at radius 3 is 2.90 bits per heavy atom. The van der Waals surface area contributed by atoms with Crippen LogP contribution in [0, 0.1) is 5.95 Å². The SMILES string of the molecule is NC1=NC2(CCO1)c1ccccc1Oc1c2ccnc1F. The summed E-state index contributed by atoms with van der Waals surface area (Å²) in [5, 5.41) is 0. The van der Waals surface area contributed by atoms with Crippen molar-refractivity contribution < 1.29 is 13.9 Å². The molecule has 0 saturated heterocycles. The zero-order chi connectivity index (χ0) is 14.4. The Labute approximate surface area is 120 Å². The van der Waals surface area contributed by atoms with Gasteiger partial charge in [-0.05, 0) is 12.1 Å². The molecule has 1 unspecified atom stereocenters. The summed E-state index contributed by atoms with van der Waals surface area (Å²) in [5.74, 6) is 0.0200. The van der Waals surface area contributed by atoms with Gasteiger partial charge >= 0.3 is 0 Å². The quantitative estimate of drug-likeness (QED) is 0.754. The fourth-order valence-corrected chi connectivity index (χ4v) is 2.97. The molecular formula is C15H12FN3O2. The van der Waals surface area contributed by atoms with Crippen LogP contribution in [-0.2, 0) is 10.3 Å². The van der Waals surface area contributed by atoms with Gasteiger partial charge in [-0.1, -0.05) is 18.2 Å². The molecule has 0 bridgehead atoms. The topological polar surface area (TPSA) is 69.7 Å². The van der Waals surface area contributed by atoms with E-state index in [0.29, 0.717) is 24.3 Å². The first kappa shape index (κ1) is 12.1. The van der Waals surface area contributed by atoms with E-state index in [1.165, 1.54) is 6.20 Å². The van der Waals surface area contributed by atoms with Gasteiger partial charge in [-0.15, -0.1) is 0 Å². The number of aliphatic imine (C=N–C) groups is 1. The van der Waals surface area contributed by atoms with Crippen molar-refractivity contribution in [3.05, 3.63) is 53.6 Å². The zero-order valence-electron chi connectivity index (χ0n) is 11.0. The van der Waals surface area contributed by atoms with E-state index in [2.05, 4.69) is 9.98 Å². The Morgan fingerprint density at radius 1 is 1.19 bits per heavy atom. The number of ether oxygens (including phenoxy) is 2. The maximum absolute atomic E-state index is 14.1. The Morgan fingerprint density at radius 2 is 2.05 bits per heavy atom. The monoisotopic (exact) mass is 285 g/mol. The zero-order valence-corrected chi connectivity index (χ0v) is 11.0. The summed E-state index contributed by atoms with van der Waals surface area (Å²) >= 11 is 0. The second-order valence-corrected chi connectivity index (χ2v) is 4.99. The van der Waals surface area contributed by atoms with Crippen LogP contribution < -0.4 is 10.5 Å². The Bertz CT molecular complexity index is 762. The molecule has 6 heteroatoms. The van der Waals surface area contributed by atoms with Gasteiger partial charge in [0.25, 0.3) is 12.0 Å². The third kappa shape index (κ3) is 1.62. The van der Waals surface area contributed by atoms with E-state index in [1.54, 1.807) is 12.1 Å². The lowest BCUT2D eigenvalue weighted by Gasteiger charge is -2.38. The molecule has 0 radical (unpaired) electrons. The number of aromatic nitrogens is 1. The van der Waals surface area contributed by atoms with E-state index in [1.807, 2.05) is 18.2 Å². The summed E-state index contributed by atoms with van der Waals surface area (Å²) < 4.78 is 25.0. The van der Waals surface area contributed by atoms with Crippen molar-refractivity contribution in [3.8, 4) is 11.5 Å². The number of benzene rings is 1. The van der Waals surface area contributed by atoms with Gasteiger partial charge in [0, 0.05) is 23.7 Å². The molecule has 0 saturated carbocycles.